The van der Waals surface area contributed by atoms with Crippen molar-refractivity contribution >= 4 is 34.0 Å². The maximum atomic E-state index is 13.0. The van der Waals surface area contributed by atoms with Crippen LogP contribution < -0.4 is 5.32 Å². The van der Waals surface area contributed by atoms with Crippen molar-refractivity contribution in [2.45, 2.75) is 62.9 Å². The number of nitriles is 1. The van der Waals surface area contributed by atoms with E-state index in [1.807, 2.05) is 24.5 Å². The predicted molar refractivity (Wildman–Crippen MR) is 127 cm³/mol. The van der Waals surface area contributed by atoms with Crippen molar-refractivity contribution in [3.8, 4) is 17.5 Å². The Morgan fingerprint density at radius 2 is 2.25 bits per heavy atom. The van der Waals surface area contributed by atoms with Crippen LogP contribution in [0, 0.1) is 18.3 Å². The smallest absolute Gasteiger partial charge is 0.238 e. The monoisotopic (exact) mass is 467 g/mol. The average molecular weight is 468 g/mol. The van der Waals surface area contributed by atoms with Gasteiger partial charge in [0.2, 0.25) is 5.91 Å². The van der Waals surface area contributed by atoms with Crippen LogP contribution in [-0.4, -0.2) is 25.9 Å². The number of hydrogen-bond donors (Lipinski definition) is 1. The first-order valence-corrected chi connectivity index (χ1v) is 12.3. The highest BCUT2D eigenvalue weighted by atomic mass is 32.2. The third-order valence-electron chi connectivity index (χ3n) is 5.55. The van der Waals surface area contributed by atoms with Crippen molar-refractivity contribution in [2.24, 2.45) is 0 Å². The number of thiophene rings is 1. The maximum absolute atomic E-state index is 13.0. The highest BCUT2D eigenvalue weighted by Gasteiger charge is 2.25. The largest absolute Gasteiger partial charge is 0.469 e. The standard InChI is InChI=1S/C23H25N5O2S2/c1-4-11-28-20(16-10-12-30-14(16)2)26-27-23(28)31-15(3)21(29)25-22-18(13-24)17-8-6-5-7-9-19(17)32-22/h4,10,12,15H,1,5-9,11H2,2-3H3,(H,25,29)/t15-/m1/s1. The van der Waals surface area contributed by atoms with Gasteiger partial charge < -0.3 is 9.73 Å². The molecular weight excluding hydrogens is 442 g/mol. The molecule has 9 heteroatoms. The number of aryl methyl sites for hydroxylation is 2. The minimum absolute atomic E-state index is 0.155. The zero-order valence-electron chi connectivity index (χ0n) is 18.2. The number of fused-ring (bicyclic) bond motifs is 1. The Hall–Kier alpha value is -2.83. The second-order valence-electron chi connectivity index (χ2n) is 7.73. The van der Waals surface area contributed by atoms with Crippen LogP contribution in [-0.2, 0) is 24.2 Å². The number of rotatable bonds is 7. The van der Waals surface area contributed by atoms with E-state index < -0.39 is 5.25 Å². The highest BCUT2D eigenvalue weighted by molar-refractivity contribution is 8.00. The van der Waals surface area contributed by atoms with Gasteiger partial charge in [0.25, 0.3) is 0 Å². The summed E-state index contributed by atoms with van der Waals surface area (Å²) in [7, 11) is 0. The van der Waals surface area contributed by atoms with Crippen LogP contribution in [0.1, 0.15) is 48.0 Å². The highest BCUT2D eigenvalue weighted by Crippen LogP contribution is 2.37. The van der Waals surface area contributed by atoms with E-state index >= 15 is 0 Å². The number of hydrogen-bond acceptors (Lipinski definition) is 7. The van der Waals surface area contributed by atoms with E-state index in [1.165, 1.54) is 23.1 Å². The quantitative estimate of drug-likeness (QED) is 0.286. The molecule has 7 nitrogen and oxygen atoms in total. The van der Waals surface area contributed by atoms with Gasteiger partial charge in [0, 0.05) is 11.4 Å². The summed E-state index contributed by atoms with van der Waals surface area (Å²) in [6.07, 6.45) is 8.70. The van der Waals surface area contributed by atoms with E-state index in [2.05, 4.69) is 28.2 Å². The zero-order chi connectivity index (χ0) is 22.7. The molecule has 0 aliphatic heterocycles. The first-order valence-electron chi connectivity index (χ1n) is 10.6. The Morgan fingerprint density at radius 3 is 2.97 bits per heavy atom. The fraction of sp³-hybridized carbons (Fsp3) is 0.391. The number of amides is 1. The number of nitrogens with zero attached hydrogens (tertiary/aromatic N) is 4. The lowest BCUT2D eigenvalue weighted by Crippen LogP contribution is -2.23. The minimum Gasteiger partial charge on any atom is -0.469 e. The van der Waals surface area contributed by atoms with Gasteiger partial charge in [-0.3, -0.25) is 9.36 Å². The Balaban J connectivity index is 1.53. The van der Waals surface area contributed by atoms with E-state index in [-0.39, 0.29) is 5.91 Å². The van der Waals surface area contributed by atoms with Crippen LogP contribution in [0.4, 0.5) is 5.00 Å². The van der Waals surface area contributed by atoms with Gasteiger partial charge in [0.15, 0.2) is 11.0 Å². The van der Waals surface area contributed by atoms with Crippen LogP contribution in [0.2, 0.25) is 0 Å². The minimum atomic E-state index is -0.422. The third-order valence-corrected chi connectivity index (χ3v) is 7.84. The molecule has 0 aromatic carbocycles. The van der Waals surface area contributed by atoms with Gasteiger partial charge in [0.05, 0.1) is 22.6 Å². The van der Waals surface area contributed by atoms with Gasteiger partial charge in [-0.2, -0.15) is 5.26 Å². The summed E-state index contributed by atoms with van der Waals surface area (Å²) >= 11 is 2.88. The molecule has 0 spiro atoms. The molecule has 0 bridgehead atoms. The predicted octanol–water partition coefficient (Wildman–Crippen LogP) is 5.35. The molecule has 1 atom stereocenters. The first-order chi connectivity index (χ1) is 15.5. The van der Waals surface area contributed by atoms with E-state index in [9.17, 15) is 10.1 Å². The second kappa shape index (κ2) is 9.76. The van der Waals surface area contributed by atoms with Gasteiger partial charge in [-0.05, 0) is 51.2 Å². The molecule has 0 saturated heterocycles. The second-order valence-corrected chi connectivity index (χ2v) is 10.1. The molecule has 4 rings (SSSR count). The number of thioether (sulfide) groups is 1. The summed E-state index contributed by atoms with van der Waals surface area (Å²) in [5.74, 6) is 1.28. The summed E-state index contributed by atoms with van der Waals surface area (Å²) in [5.41, 5.74) is 2.61. The van der Waals surface area contributed by atoms with Gasteiger partial charge in [-0.15, -0.1) is 28.1 Å². The van der Waals surface area contributed by atoms with Crippen molar-refractivity contribution in [2.75, 3.05) is 5.32 Å². The van der Waals surface area contributed by atoms with Crippen LogP contribution in [0.5, 0.6) is 0 Å². The number of furan rings is 1. The Bertz CT molecular complexity index is 1180. The molecule has 0 radical (unpaired) electrons. The summed E-state index contributed by atoms with van der Waals surface area (Å²) < 4.78 is 7.33. The molecule has 3 aromatic heterocycles. The number of allylic oxidation sites excluding steroid dienone is 1. The van der Waals surface area contributed by atoms with Crippen molar-refractivity contribution in [1.82, 2.24) is 14.8 Å². The number of aromatic nitrogens is 3. The number of carbonyl (C=O) groups is 1. The molecular formula is C23H25N5O2S2. The lowest BCUT2D eigenvalue weighted by molar-refractivity contribution is -0.115. The fourth-order valence-corrected chi connectivity index (χ4v) is 5.96. The molecule has 0 unspecified atom stereocenters. The summed E-state index contributed by atoms with van der Waals surface area (Å²) in [4.78, 5) is 14.2. The molecule has 3 aromatic rings. The topological polar surface area (TPSA) is 96.7 Å². The van der Waals surface area contributed by atoms with Crippen molar-refractivity contribution in [3.63, 3.8) is 0 Å². The van der Waals surface area contributed by atoms with Gasteiger partial charge in [-0.25, -0.2) is 0 Å². The lowest BCUT2D eigenvalue weighted by atomic mass is 10.1. The normalized spacial score (nSPS) is 14.3. The third kappa shape index (κ3) is 4.38. The van der Waals surface area contributed by atoms with Crippen molar-refractivity contribution in [1.29, 1.82) is 5.26 Å². The molecule has 1 N–H and O–H groups in total. The molecule has 1 amide bonds. The van der Waals surface area contributed by atoms with Crippen LogP contribution in [0.25, 0.3) is 11.4 Å². The lowest BCUT2D eigenvalue weighted by Gasteiger charge is -2.12. The SMILES string of the molecule is C=CCn1c(S[C@H](C)C(=O)Nc2sc3c(c2C#N)CCCCC3)nnc1-c1ccoc1C. The molecule has 3 heterocycles. The Labute approximate surface area is 195 Å². The molecule has 32 heavy (non-hydrogen) atoms. The average Bonchev–Trinajstić information content (AvgIpc) is 3.41. The van der Waals surface area contributed by atoms with E-state index in [0.29, 0.717) is 28.1 Å². The number of carbonyl (C=O) groups excluding carboxylic acids is 1. The molecule has 0 saturated carbocycles. The Kier molecular flexibility index (Phi) is 6.82. The van der Waals surface area contributed by atoms with Gasteiger partial charge in [-0.1, -0.05) is 24.3 Å². The van der Waals surface area contributed by atoms with Crippen molar-refractivity contribution in [3.05, 3.63) is 46.7 Å². The van der Waals surface area contributed by atoms with Crippen LogP contribution in [0.3, 0.4) is 0 Å². The number of anilines is 1. The van der Waals surface area contributed by atoms with E-state index in [1.54, 1.807) is 23.7 Å². The van der Waals surface area contributed by atoms with Gasteiger partial charge >= 0.3 is 0 Å². The van der Waals surface area contributed by atoms with Crippen molar-refractivity contribution < 1.29 is 9.21 Å². The zero-order valence-corrected chi connectivity index (χ0v) is 19.8. The molecule has 0 fully saturated rings. The fourth-order valence-electron chi connectivity index (χ4n) is 3.86. The van der Waals surface area contributed by atoms with Crippen LogP contribution >= 0.6 is 23.1 Å². The Morgan fingerprint density at radius 1 is 1.44 bits per heavy atom. The summed E-state index contributed by atoms with van der Waals surface area (Å²) in [5, 5.41) is 22.2. The van der Waals surface area contributed by atoms with E-state index in [4.69, 9.17) is 4.42 Å². The van der Waals surface area contributed by atoms with Crippen LogP contribution in [0.15, 0.2) is 34.6 Å². The molecule has 166 valence electrons. The van der Waals surface area contributed by atoms with E-state index in [0.717, 1.165) is 42.6 Å². The number of nitrogens with one attached hydrogen (secondary N) is 1. The molecule has 1 aliphatic carbocycles. The van der Waals surface area contributed by atoms with Gasteiger partial charge in [0.1, 0.15) is 16.8 Å². The summed E-state index contributed by atoms with van der Waals surface area (Å²) in [6.45, 7) is 8.05. The summed E-state index contributed by atoms with van der Waals surface area (Å²) in [6, 6.07) is 4.17. The first kappa shape index (κ1) is 22.4. The molecule has 1 aliphatic rings. The maximum Gasteiger partial charge on any atom is 0.238 e.